The first-order valence-corrected chi connectivity index (χ1v) is 18.1. The lowest BCUT2D eigenvalue weighted by molar-refractivity contribution is 0.669. The summed E-state index contributed by atoms with van der Waals surface area (Å²) in [4.78, 5) is 2.36. The number of rotatable bonds is 6. The van der Waals surface area contributed by atoms with Gasteiger partial charge in [0.05, 0.1) is 11.1 Å². The van der Waals surface area contributed by atoms with Gasteiger partial charge in [-0.15, -0.1) is 11.3 Å². The minimum absolute atomic E-state index is 0.875. The highest BCUT2D eigenvalue weighted by Gasteiger charge is 2.20. The van der Waals surface area contributed by atoms with Gasteiger partial charge in [0.1, 0.15) is 11.2 Å². The fraction of sp³-hybridized carbons (Fsp3) is 0. The number of benzene rings is 8. The number of nitrogens with zero attached hydrogens (tertiary/aromatic N) is 1. The van der Waals surface area contributed by atoms with Crippen molar-refractivity contribution in [3.05, 3.63) is 188 Å². The Balaban J connectivity index is 1.12. The second kappa shape index (κ2) is 12.2. The van der Waals surface area contributed by atoms with E-state index >= 15 is 0 Å². The number of hydrogen-bond acceptors (Lipinski definition) is 3. The van der Waals surface area contributed by atoms with Crippen molar-refractivity contribution in [1.82, 2.24) is 0 Å². The molecular weight excluding hydrogens is 639 g/mol. The number of furan rings is 1. The van der Waals surface area contributed by atoms with E-state index in [0.717, 1.165) is 39.0 Å². The number of thiophene rings is 1. The molecule has 0 aliphatic rings. The molecule has 0 radical (unpaired) electrons. The van der Waals surface area contributed by atoms with E-state index in [0.29, 0.717) is 0 Å². The van der Waals surface area contributed by atoms with Crippen LogP contribution in [-0.2, 0) is 0 Å². The molecule has 0 bridgehead atoms. The number of hydrogen-bond donors (Lipinski definition) is 0. The zero-order valence-electron chi connectivity index (χ0n) is 27.7. The lowest BCUT2D eigenvalue weighted by Gasteiger charge is -2.27. The van der Waals surface area contributed by atoms with Crippen LogP contribution in [0.1, 0.15) is 0 Å². The van der Waals surface area contributed by atoms with Crippen LogP contribution in [0, 0.1) is 0 Å². The van der Waals surface area contributed by atoms with E-state index in [-0.39, 0.29) is 0 Å². The van der Waals surface area contributed by atoms with Crippen molar-refractivity contribution in [3.8, 4) is 33.4 Å². The SMILES string of the molecule is c1ccc(-c2ccccc2-c2ccc(N(c3ccc(-c4cccc5sc6ccccc6c45)cc3)c3cccc4oc5ccccc5c34)cc2)cc1. The van der Waals surface area contributed by atoms with Crippen molar-refractivity contribution in [2.75, 3.05) is 4.90 Å². The molecule has 0 fully saturated rings. The summed E-state index contributed by atoms with van der Waals surface area (Å²) in [5, 5.41) is 4.84. The van der Waals surface area contributed by atoms with Gasteiger partial charge >= 0.3 is 0 Å². The molecule has 0 aliphatic carbocycles. The molecule has 0 saturated carbocycles. The van der Waals surface area contributed by atoms with Gasteiger partial charge in [-0.25, -0.2) is 0 Å². The second-order valence-corrected chi connectivity index (χ2v) is 13.9. The minimum Gasteiger partial charge on any atom is -0.456 e. The van der Waals surface area contributed by atoms with Crippen LogP contribution in [0.25, 0.3) is 75.5 Å². The molecule has 2 heterocycles. The summed E-state index contributed by atoms with van der Waals surface area (Å²) in [7, 11) is 0. The molecule has 0 amide bonds. The Labute approximate surface area is 300 Å². The van der Waals surface area contributed by atoms with Crippen LogP contribution in [0.3, 0.4) is 0 Å². The Hall–Kier alpha value is -6.42. The molecule has 10 aromatic rings. The van der Waals surface area contributed by atoms with Gasteiger partial charge in [-0.2, -0.15) is 0 Å². The summed E-state index contributed by atoms with van der Waals surface area (Å²) >= 11 is 1.86. The van der Waals surface area contributed by atoms with Crippen molar-refractivity contribution in [1.29, 1.82) is 0 Å². The van der Waals surface area contributed by atoms with Crippen LogP contribution in [0.15, 0.2) is 192 Å². The third-order valence-electron chi connectivity index (χ3n) is 9.91. The largest absolute Gasteiger partial charge is 0.456 e. The molecule has 240 valence electrons. The van der Waals surface area contributed by atoms with E-state index < -0.39 is 0 Å². The number of para-hydroxylation sites is 1. The zero-order valence-corrected chi connectivity index (χ0v) is 28.5. The van der Waals surface area contributed by atoms with Crippen LogP contribution in [0.5, 0.6) is 0 Å². The van der Waals surface area contributed by atoms with E-state index in [1.54, 1.807) is 0 Å². The Morgan fingerprint density at radius 3 is 1.63 bits per heavy atom. The normalized spacial score (nSPS) is 11.5. The maximum atomic E-state index is 6.37. The summed E-state index contributed by atoms with van der Waals surface area (Å²) in [6.07, 6.45) is 0. The first-order chi connectivity index (χ1) is 25.3. The Morgan fingerprint density at radius 2 is 0.882 bits per heavy atom. The van der Waals surface area contributed by atoms with Crippen molar-refractivity contribution in [3.63, 3.8) is 0 Å². The number of anilines is 3. The van der Waals surface area contributed by atoms with Crippen molar-refractivity contribution in [2.45, 2.75) is 0 Å². The first-order valence-electron chi connectivity index (χ1n) is 17.3. The van der Waals surface area contributed by atoms with E-state index in [2.05, 4.69) is 181 Å². The van der Waals surface area contributed by atoms with Crippen LogP contribution in [0.4, 0.5) is 17.1 Å². The van der Waals surface area contributed by atoms with Crippen molar-refractivity contribution >= 4 is 70.5 Å². The molecule has 2 nitrogen and oxygen atoms in total. The smallest absolute Gasteiger partial charge is 0.137 e. The Bertz CT molecular complexity index is 2850. The third-order valence-corrected chi connectivity index (χ3v) is 11.0. The predicted molar refractivity (Wildman–Crippen MR) is 218 cm³/mol. The predicted octanol–water partition coefficient (Wildman–Crippen LogP) is 14.4. The Morgan fingerprint density at radius 1 is 0.353 bits per heavy atom. The quantitative estimate of drug-likeness (QED) is 0.175. The zero-order chi connectivity index (χ0) is 33.7. The first kappa shape index (κ1) is 29.5. The van der Waals surface area contributed by atoms with Gasteiger partial charge < -0.3 is 9.32 Å². The maximum absolute atomic E-state index is 6.37. The van der Waals surface area contributed by atoms with Crippen LogP contribution >= 0.6 is 11.3 Å². The highest BCUT2D eigenvalue weighted by Crippen LogP contribution is 2.45. The average Bonchev–Trinajstić information content (AvgIpc) is 3.78. The molecule has 3 heteroatoms. The van der Waals surface area contributed by atoms with Crippen LogP contribution in [0.2, 0.25) is 0 Å². The molecule has 8 aromatic carbocycles. The van der Waals surface area contributed by atoms with Gasteiger partial charge in [0.2, 0.25) is 0 Å². The van der Waals surface area contributed by atoms with Gasteiger partial charge in [0, 0.05) is 36.9 Å². The molecule has 0 aliphatic heterocycles. The van der Waals surface area contributed by atoms with E-state index in [1.807, 2.05) is 23.5 Å². The number of fused-ring (bicyclic) bond motifs is 6. The fourth-order valence-electron chi connectivity index (χ4n) is 7.57. The Kier molecular flexibility index (Phi) is 7.04. The lowest BCUT2D eigenvalue weighted by atomic mass is 9.94. The third kappa shape index (κ3) is 5.01. The fourth-order valence-corrected chi connectivity index (χ4v) is 8.70. The van der Waals surface area contributed by atoms with Gasteiger partial charge in [-0.05, 0) is 88.0 Å². The second-order valence-electron chi connectivity index (χ2n) is 12.9. The summed E-state index contributed by atoms with van der Waals surface area (Å²) in [5.41, 5.74) is 12.3. The summed E-state index contributed by atoms with van der Waals surface area (Å²) in [6.45, 7) is 0. The highest BCUT2D eigenvalue weighted by atomic mass is 32.1. The molecule has 0 saturated heterocycles. The van der Waals surface area contributed by atoms with E-state index in [9.17, 15) is 0 Å². The molecule has 51 heavy (non-hydrogen) atoms. The topological polar surface area (TPSA) is 16.4 Å². The van der Waals surface area contributed by atoms with E-state index in [4.69, 9.17) is 4.42 Å². The van der Waals surface area contributed by atoms with Gasteiger partial charge in [0.15, 0.2) is 0 Å². The van der Waals surface area contributed by atoms with Gasteiger partial charge in [0.25, 0.3) is 0 Å². The summed E-state index contributed by atoms with van der Waals surface area (Å²) in [5.74, 6) is 0. The van der Waals surface area contributed by atoms with Gasteiger partial charge in [-0.3, -0.25) is 0 Å². The van der Waals surface area contributed by atoms with Crippen molar-refractivity contribution < 1.29 is 4.42 Å². The molecule has 0 spiro atoms. The monoisotopic (exact) mass is 669 g/mol. The molecule has 2 aromatic heterocycles. The maximum Gasteiger partial charge on any atom is 0.137 e. The van der Waals surface area contributed by atoms with E-state index in [1.165, 1.54) is 53.6 Å². The lowest BCUT2D eigenvalue weighted by Crippen LogP contribution is -2.10. The summed E-state index contributed by atoms with van der Waals surface area (Å²) in [6, 6.07) is 67.3. The summed E-state index contributed by atoms with van der Waals surface area (Å²) < 4.78 is 9.00. The molecule has 0 atom stereocenters. The standard InChI is InChI=1S/C48H31NOS/c1-2-12-32(13-3-1)37-14-4-5-15-38(37)33-24-28-35(29-25-33)49(42-19-11-21-44-48(42)40-16-6-8-20-43(40)50-44)36-30-26-34(27-31-36)39-18-10-23-46-47(39)41-17-7-9-22-45(41)51-46/h1-31H. The van der Waals surface area contributed by atoms with Gasteiger partial charge in [-0.1, -0.05) is 133 Å². The molecule has 10 rings (SSSR count). The average molecular weight is 670 g/mol. The molecule has 0 unspecified atom stereocenters. The highest BCUT2D eigenvalue weighted by molar-refractivity contribution is 7.25. The minimum atomic E-state index is 0.875. The molecular formula is C48H31NOS. The van der Waals surface area contributed by atoms with Crippen LogP contribution < -0.4 is 4.90 Å². The molecule has 0 N–H and O–H groups in total. The van der Waals surface area contributed by atoms with Crippen LogP contribution in [-0.4, -0.2) is 0 Å². The van der Waals surface area contributed by atoms with Crippen molar-refractivity contribution in [2.24, 2.45) is 0 Å².